The van der Waals surface area contributed by atoms with Crippen LogP contribution in [0.5, 0.6) is 0 Å². The Morgan fingerprint density at radius 2 is 0.886 bits per heavy atom. The van der Waals surface area contributed by atoms with Crippen LogP contribution in [0.3, 0.4) is 0 Å². The number of carbonyl (C=O) groups excluding carboxylic acids is 4. The summed E-state index contributed by atoms with van der Waals surface area (Å²) in [4.78, 5) is 73.3. The lowest BCUT2D eigenvalue weighted by molar-refractivity contribution is -0.139. The number of para-hydroxylation sites is 2. The minimum Gasteiger partial charge on any atom is -0.376 e. The van der Waals surface area contributed by atoms with Gasteiger partial charge in [0.2, 0.25) is 11.8 Å². The molecule has 2 saturated carbocycles. The maximum atomic E-state index is 14.1. The lowest BCUT2D eigenvalue weighted by Crippen LogP contribution is -2.50. The average molecular weight is 939 g/mol. The van der Waals surface area contributed by atoms with Crippen molar-refractivity contribution in [3.05, 3.63) is 168 Å². The molecule has 360 valence electrons. The van der Waals surface area contributed by atoms with E-state index in [4.69, 9.17) is 0 Å². The van der Waals surface area contributed by atoms with Crippen molar-refractivity contribution in [2.75, 3.05) is 23.7 Å². The maximum absolute atomic E-state index is 14.1. The summed E-state index contributed by atoms with van der Waals surface area (Å²) in [5.74, 6) is 0.296. The van der Waals surface area contributed by atoms with E-state index in [2.05, 4.69) is 87.4 Å². The van der Waals surface area contributed by atoms with Crippen LogP contribution in [-0.2, 0) is 9.59 Å². The Labute approximate surface area is 408 Å². The zero-order valence-electron chi connectivity index (χ0n) is 39.4. The molecule has 4 aliphatic heterocycles. The number of amides is 4. The molecule has 12 rings (SSSR count). The number of benzene rings is 4. The molecule has 4 aromatic carbocycles. The smallest absolute Gasteiger partial charge is 0.251 e. The summed E-state index contributed by atoms with van der Waals surface area (Å²) in [5.41, 5.74) is 7.89. The molecule has 4 fully saturated rings. The number of fused-ring (bicyclic) bond motifs is 6. The van der Waals surface area contributed by atoms with Gasteiger partial charge in [0, 0.05) is 59.5 Å². The molecule has 6 N–H and O–H groups in total. The number of aromatic nitrogens is 4. The fraction of sp³-hybridized carbons (Fsp3) is 0.393. The predicted molar refractivity (Wildman–Crippen MR) is 267 cm³/mol. The van der Waals surface area contributed by atoms with Crippen molar-refractivity contribution >= 4 is 35.0 Å². The van der Waals surface area contributed by atoms with E-state index in [1.54, 1.807) is 12.7 Å². The Balaban J connectivity index is 0.000000152. The molecule has 4 amide bonds. The van der Waals surface area contributed by atoms with Crippen LogP contribution >= 0.6 is 0 Å². The molecule has 14 nitrogen and oxygen atoms in total. The van der Waals surface area contributed by atoms with E-state index >= 15 is 0 Å². The lowest BCUT2D eigenvalue weighted by atomic mass is 9.80. The van der Waals surface area contributed by atoms with Crippen LogP contribution in [0, 0.1) is 23.7 Å². The summed E-state index contributed by atoms with van der Waals surface area (Å²) in [6, 6.07) is 35.1. The molecule has 70 heavy (non-hydrogen) atoms. The highest BCUT2D eigenvalue weighted by Gasteiger charge is 2.50. The lowest BCUT2D eigenvalue weighted by Gasteiger charge is -2.41. The molecule has 0 bridgehead atoms. The molecule has 2 aromatic heterocycles. The van der Waals surface area contributed by atoms with Crippen molar-refractivity contribution in [1.29, 1.82) is 0 Å². The molecule has 2 aliphatic carbocycles. The first-order chi connectivity index (χ1) is 34.4. The van der Waals surface area contributed by atoms with Gasteiger partial charge in [0.05, 0.1) is 72.4 Å². The number of nitrogens with zero attached hydrogens (tertiary/aromatic N) is 4. The van der Waals surface area contributed by atoms with Gasteiger partial charge in [0.1, 0.15) is 0 Å². The number of hydrogen-bond donors (Lipinski definition) is 6. The van der Waals surface area contributed by atoms with Crippen molar-refractivity contribution in [2.24, 2.45) is 23.7 Å². The number of rotatable bonds is 8. The van der Waals surface area contributed by atoms with E-state index in [1.165, 1.54) is 11.1 Å². The third-order valence-electron chi connectivity index (χ3n) is 16.1. The largest absolute Gasteiger partial charge is 0.376 e. The van der Waals surface area contributed by atoms with Crippen LogP contribution < -0.4 is 21.3 Å². The third-order valence-corrected chi connectivity index (χ3v) is 16.1. The quantitative estimate of drug-likeness (QED) is 0.0876. The van der Waals surface area contributed by atoms with E-state index in [0.717, 1.165) is 100 Å². The Bertz CT molecular complexity index is 2580. The third kappa shape index (κ3) is 8.84. The van der Waals surface area contributed by atoms with Gasteiger partial charge in [0.25, 0.3) is 11.8 Å². The van der Waals surface area contributed by atoms with Gasteiger partial charge in [-0.05, 0) is 86.1 Å². The number of aromatic amines is 2. The second-order valence-electron chi connectivity index (χ2n) is 20.0. The van der Waals surface area contributed by atoms with Crippen LogP contribution in [0.2, 0.25) is 0 Å². The van der Waals surface area contributed by atoms with Crippen molar-refractivity contribution in [3.8, 4) is 0 Å². The van der Waals surface area contributed by atoms with E-state index < -0.39 is 0 Å². The van der Waals surface area contributed by atoms with Crippen LogP contribution in [0.15, 0.2) is 134 Å². The Kier molecular flexibility index (Phi) is 12.9. The summed E-state index contributed by atoms with van der Waals surface area (Å²) < 4.78 is 0. The average Bonchev–Trinajstić information content (AvgIpc) is 4.28. The van der Waals surface area contributed by atoms with E-state index in [0.29, 0.717) is 11.1 Å². The minimum atomic E-state index is -0.192. The zero-order valence-corrected chi connectivity index (χ0v) is 39.4. The predicted octanol–water partition coefficient (Wildman–Crippen LogP) is 8.91. The summed E-state index contributed by atoms with van der Waals surface area (Å²) in [5, 5.41) is 13.8. The first kappa shape index (κ1) is 45.2. The molecule has 0 radical (unpaired) electrons. The van der Waals surface area contributed by atoms with Gasteiger partial charge >= 0.3 is 0 Å². The van der Waals surface area contributed by atoms with Crippen LogP contribution in [0.1, 0.15) is 132 Å². The van der Waals surface area contributed by atoms with E-state index in [9.17, 15) is 19.2 Å². The van der Waals surface area contributed by atoms with Gasteiger partial charge in [0.15, 0.2) is 0 Å². The van der Waals surface area contributed by atoms with E-state index in [-0.39, 0.29) is 83.6 Å². The number of nitrogens with one attached hydrogen (secondary N) is 6. The Hall–Kier alpha value is -7.22. The second-order valence-corrected chi connectivity index (χ2v) is 20.0. The van der Waals surface area contributed by atoms with E-state index in [1.807, 2.05) is 85.2 Å². The van der Waals surface area contributed by atoms with Crippen molar-refractivity contribution in [2.45, 2.75) is 100 Å². The normalized spacial score (nSPS) is 27.4. The fourth-order valence-electron chi connectivity index (χ4n) is 12.7. The number of carbonyl (C=O) groups is 4. The van der Waals surface area contributed by atoms with Crippen LogP contribution in [-0.4, -0.2) is 78.5 Å². The summed E-state index contributed by atoms with van der Waals surface area (Å²) in [6.45, 7) is 1.45. The van der Waals surface area contributed by atoms with Gasteiger partial charge in [-0.25, -0.2) is 9.97 Å². The van der Waals surface area contributed by atoms with Crippen LogP contribution in [0.4, 0.5) is 11.4 Å². The van der Waals surface area contributed by atoms with Gasteiger partial charge in [-0.2, -0.15) is 0 Å². The van der Waals surface area contributed by atoms with Crippen molar-refractivity contribution in [3.63, 3.8) is 0 Å². The Morgan fingerprint density at radius 3 is 1.30 bits per heavy atom. The molecule has 6 aliphatic rings. The van der Waals surface area contributed by atoms with Gasteiger partial charge in [-0.1, -0.05) is 98.5 Å². The van der Waals surface area contributed by atoms with Gasteiger partial charge < -0.3 is 41.0 Å². The highest BCUT2D eigenvalue weighted by molar-refractivity contribution is 5.95. The molecule has 2 saturated heterocycles. The number of anilines is 2. The second kappa shape index (κ2) is 20.0. The zero-order chi connectivity index (χ0) is 47.6. The fourth-order valence-corrected chi connectivity index (χ4v) is 12.7. The molecular weight excluding hydrogens is 877 g/mol. The first-order valence-electron chi connectivity index (χ1n) is 25.4. The summed E-state index contributed by atoms with van der Waals surface area (Å²) in [7, 11) is 0. The number of likely N-dealkylation sites (tertiary alicyclic amines) is 2. The summed E-state index contributed by atoms with van der Waals surface area (Å²) in [6.07, 6.45) is 16.4. The highest BCUT2D eigenvalue weighted by Crippen LogP contribution is 2.53. The van der Waals surface area contributed by atoms with Crippen molar-refractivity contribution in [1.82, 2.24) is 40.4 Å². The maximum Gasteiger partial charge on any atom is 0.251 e. The van der Waals surface area contributed by atoms with Crippen LogP contribution in [0.25, 0.3) is 0 Å². The van der Waals surface area contributed by atoms with Gasteiger partial charge in [-0.15, -0.1) is 0 Å². The number of imidazole rings is 2. The minimum absolute atomic E-state index is 0.0145. The topological polar surface area (TPSA) is 180 Å². The SMILES string of the molecule is O=C(N[C@@H]1CCCC[C@@H]1C(=O)N1CC[C@@H]2[C@H](c3cnc[nH]3)Nc3ccccc3[C@@H]21)c1ccccc1.O=C(N[C@@H]1CCCC[C@@H]1C(=O)N1CC[C@H]2[C@@H](c3cnc[nH]3)Nc3ccccc3[C@H]21)c1ccccc1. The summed E-state index contributed by atoms with van der Waals surface area (Å²) >= 11 is 0. The monoisotopic (exact) mass is 938 g/mol. The Morgan fingerprint density at radius 1 is 0.486 bits per heavy atom. The molecule has 6 heterocycles. The highest BCUT2D eigenvalue weighted by atomic mass is 16.2. The molecule has 6 aromatic rings. The first-order valence-corrected chi connectivity index (χ1v) is 25.4. The number of H-pyrrole nitrogens is 2. The standard InChI is InChI=1S/2C28H31N5O2/c2*34-27(18-8-2-1-3-9-18)32-23-13-7-5-11-20(23)28(35)33-15-14-21-25(24-16-29-17-30-24)31-22-12-6-4-10-19(22)26(21)33/h2*1-4,6,8-10,12,16-17,20-21,23,25-26,31H,5,7,11,13-15H2,(H,29,30)(H,32,34)/t20-,21+,23+,25+,26-;20-,21-,23+,25-,26+/m00/s1. The molecule has 0 spiro atoms. The molecule has 14 heteroatoms. The number of hydrogen-bond acceptors (Lipinski definition) is 8. The molecular formula is C56H62N10O4. The van der Waals surface area contributed by atoms with Gasteiger partial charge in [-0.3, -0.25) is 19.2 Å². The van der Waals surface area contributed by atoms with Crippen molar-refractivity contribution < 1.29 is 19.2 Å². The molecule has 10 atom stereocenters. The molecule has 0 unspecified atom stereocenters.